The van der Waals surface area contributed by atoms with Crippen molar-refractivity contribution in [1.82, 2.24) is 25.5 Å². The molecule has 0 aliphatic rings. The van der Waals surface area contributed by atoms with Gasteiger partial charge < -0.3 is 5.32 Å². The molecule has 7 nitrogen and oxygen atoms in total. The van der Waals surface area contributed by atoms with Crippen LogP contribution in [0.5, 0.6) is 0 Å². The molecule has 0 bridgehead atoms. The highest BCUT2D eigenvalue weighted by atomic mass is 16.1. The summed E-state index contributed by atoms with van der Waals surface area (Å²) < 4.78 is 0. The molecule has 2 N–H and O–H groups in total. The lowest BCUT2D eigenvalue weighted by Gasteiger charge is -2.00. The molecule has 1 amide bonds. The number of aryl methyl sites for hydroxylation is 1. The fourth-order valence-electron chi connectivity index (χ4n) is 0.900. The number of tetrazole rings is 1. The van der Waals surface area contributed by atoms with Gasteiger partial charge in [-0.3, -0.25) is 10.1 Å². The van der Waals surface area contributed by atoms with Crippen LogP contribution in [0.25, 0.3) is 0 Å². The smallest absolute Gasteiger partial charge is 0.270 e. The molecule has 0 spiro atoms. The maximum Gasteiger partial charge on any atom is 0.270 e. The van der Waals surface area contributed by atoms with E-state index in [2.05, 4.69) is 26.0 Å². The zero-order valence-electron chi connectivity index (χ0n) is 8.32. The van der Waals surface area contributed by atoms with E-state index in [1.54, 1.807) is 7.05 Å². The van der Waals surface area contributed by atoms with E-state index in [0.29, 0.717) is 13.0 Å². The van der Waals surface area contributed by atoms with Crippen LogP contribution in [-0.4, -0.2) is 39.2 Å². The van der Waals surface area contributed by atoms with Gasteiger partial charge in [-0.25, -0.2) is 0 Å². The van der Waals surface area contributed by atoms with E-state index in [9.17, 15) is 4.79 Å². The number of hydrogen-bond acceptors (Lipinski definition) is 5. The van der Waals surface area contributed by atoms with Gasteiger partial charge in [0.05, 0.1) is 7.05 Å². The lowest BCUT2D eigenvalue weighted by molar-refractivity contribution is -0.116. The van der Waals surface area contributed by atoms with Gasteiger partial charge in [0.2, 0.25) is 5.91 Å². The molecular formula is C7H14N6O. The fraction of sp³-hybridized carbons (Fsp3) is 0.714. The minimum absolute atomic E-state index is 0.112. The Morgan fingerprint density at radius 1 is 1.57 bits per heavy atom. The molecule has 1 aromatic heterocycles. The second kappa shape index (κ2) is 5.28. The van der Waals surface area contributed by atoms with Crippen molar-refractivity contribution >= 4 is 11.9 Å². The Hall–Kier alpha value is -1.50. The zero-order valence-corrected chi connectivity index (χ0v) is 8.32. The van der Waals surface area contributed by atoms with Crippen molar-refractivity contribution in [3.63, 3.8) is 0 Å². The summed E-state index contributed by atoms with van der Waals surface area (Å²) in [6.45, 7) is 3.50. The summed E-state index contributed by atoms with van der Waals surface area (Å²) in [6.07, 6.45) is 0.409. The zero-order chi connectivity index (χ0) is 10.4. The summed E-state index contributed by atoms with van der Waals surface area (Å²) >= 11 is 0. The van der Waals surface area contributed by atoms with Gasteiger partial charge in [-0.15, -0.1) is 5.10 Å². The number of carbonyl (C=O) groups is 1. The van der Waals surface area contributed by atoms with Gasteiger partial charge in [-0.2, -0.15) is 4.80 Å². The van der Waals surface area contributed by atoms with Crippen molar-refractivity contribution in [2.75, 3.05) is 18.4 Å². The molecule has 0 radical (unpaired) electrons. The SMILES string of the molecule is CCNCCC(=O)Nc1nnn(C)n1. The molecule has 1 rings (SSSR count). The number of anilines is 1. The van der Waals surface area contributed by atoms with Gasteiger partial charge in [0.1, 0.15) is 0 Å². The number of nitrogens with one attached hydrogen (secondary N) is 2. The molecule has 0 atom stereocenters. The maximum atomic E-state index is 11.2. The summed E-state index contributed by atoms with van der Waals surface area (Å²) in [5.41, 5.74) is 0. The average Bonchev–Trinajstić information content (AvgIpc) is 2.52. The van der Waals surface area contributed by atoms with E-state index >= 15 is 0 Å². The minimum Gasteiger partial charge on any atom is -0.316 e. The molecule has 0 fully saturated rings. The van der Waals surface area contributed by atoms with E-state index in [4.69, 9.17) is 0 Å². The standard InChI is InChI=1S/C7H14N6O/c1-3-8-5-4-6(14)9-7-10-12-13(2)11-7/h8H,3-5H2,1-2H3,(H,9,11,14). The van der Waals surface area contributed by atoms with Crippen LogP contribution in [0.3, 0.4) is 0 Å². The third-order valence-corrected chi connectivity index (χ3v) is 1.54. The molecule has 1 heterocycles. The number of hydrogen-bond donors (Lipinski definition) is 2. The van der Waals surface area contributed by atoms with E-state index in [0.717, 1.165) is 6.54 Å². The molecular weight excluding hydrogens is 184 g/mol. The Kier molecular flexibility index (Phi) is 3.99. The van der Waals surface area contributed by atoms with Gasteiger partial charge in [0, 0.05) is 13.0 Å². The fourth-order valence-corrected chi connectivity index (χ4v) is 0.900. The van der Waals surface area contributed by atoms with Crippen LogP contribution >= 0.6 is 0 Å². The third kappa shape index (κ3) is 3.48. The highest BCUT2D eigenvalue weighted by Gasteiger charge is 2.05. The van der Waals surface area contributed by atoms with Gasteiger partial charge in [-0.05, 0) is 11.8 Å². The second-order valence-corrected chi connectivity index (χ2v) is 2.75. The number of nitrogens with zero attached hydrogens (tertiary/aromatic N) is 4. The average molecular weight is 198 g/mol. The van der Waals surface area contributed by atoms with Gasteiger partial charge in [-0.1, -0.05) is 12.0 Å². The minimum atomic E-state index is -0.112. The Morgan fingerprint density at radius 2 is 2.36 bits per heavy atom. The molecule has 0 aliphatic heterocycles. The van der Waals surface area contributed by atoms with E-state index in [1.807, 2.05) is 6.92 Å². The summed E-state index contributed by atoms with van der Waals surface area (Å²) in [6, 6.07) is 0. The van der Waals surface area contributed by atoms with Crippen molar-refractivity contribution in [1.29, 1.82) is 0 Å². The van der Waals surface area contributed by atoms with Crippen LogP contribution in [0.2, 0.25) is 0 Å². The Labute approximate surface area is 81.9 Å². The highest BCUT2D eigenvalue weighted by molar-refractivity contribution is 5.88. The van der Waals surface area contributed by atoms with Crippen molar-refractivity contribution in [3.8, 4) is 0 Å². The van der Waals surface area contributed by atoms with Crippen LogP contribution in [0.4, 0.5) is 5.95 Å². The lowest BCUT2D eigenvalue weighted by atomic mass is 10.4. The van der Waals surface area contributed by atoms with E-state index in [1.165, 1.54) is 4.80 Å². The monoisotopic (exact) mass is 198 g/mol. The predicted octanol–water partition coefficient (Wildman–Crippen LogP) is -0.852. The first-order chi connectivity index (χ1) is 6.72. The number of amides is 1. The molecule has 1 aromatic rings. The van der Waals surface area contributed by atoms with Crippen molar-refractivity contribution in [3.05, 3.63) is 0 Å². The van der Waals surface area contributed by atoms with Gasteiger partial charge in [0.25, 0.3) is 5.95 Å². The summed E-state index contributed by atoms with van der Waals surface area (Å²) in [4.78, 5) is 12.5. The molecule has 78 valence electrons. The van der Waals surface area contributed by atoms with Gasteiger partial charge in [0.15, 0.2) is 0 Å². The maximum absolute atomic E-state index is 11.2. The quantitative estimate of drug-likeness (QED) is 0.602. The van der Waals surface area contributed by atoms with Crippen molar-refractivity contribution in [2.45, 2.75) is 13.3 Å². The number of rotatable bonds is 5. The summed E-state index contributed by atoms with van der Waals surface area (Å²) in [7, 11) is 1.64. The summed E-state index contributed by atoms with van der Waals surface area (Å²) in [5, 5.41) is 16.6. The third-order valence-electron chi connectivity index (χ3n) is 1.54. The first kappa shape index (κ1) is 10.6. The summed E-state index contributed by atoms with van der Waals surface area (Å²) in [5.74, 6) is 0.132. The van der Waals surface area contributed by atoms with E-state index in [-0.39, 0.29) is 11.9 Å². The van der Waals surface area contributed by atoms with Crippen LogP contribution in [0.1, 0.15) is 13.3 Å². The van der Waals surface area contributed by atoms with Crippen molar-refractivity contribution in [2.24, 2.45) is 7.05 Å². The first-order valence-corrected chi connectivity index (χ1v) is 4.47. The highest BCUT2D eigenvalue weighted by Crippen LogP contribution is 1.93. The largest absolute Gasteiger partial charge is 0.316 e. The van der Waals surface area contributed by atoms with E-state index < -0.39 is 0 Å². The van der Waals surface area contributed by atoms with Gasteiger partial charge >= 0.3 is 0 Å². The number of carbonyl (C=O) groups excluding carboxylic acids is 1. The molecule has 0 unspecified atom stereocenters. The normalized spacial score (nSPS) is 10.1. The number of aromatic nitrogens is 4. The molecule has 7 heteroatoms. The second-order valence-electron chi connectivity index (χ2n) is 2.75. The molecule has 14 heavy (non-hydrogen) atoms. The van der Waals surface area contributed by atoms with Crippen LogP contribution < -0.4 is 10.6 Å². The first-order valence-electron chi connectivity index (χ1n) is 4.47. The van der Waals surface area contributed by atoms with Crippen LogP contribution in [0.15, 0.2) is 0 Å². The molecule has 0 saturated carbocycles. The van der Waals surface area contributed by atoms with Crippen LogP contribution in [0, 0.1) is 0 Å². The van der Waals surface area contributed by atoms with Crippen LogP contribution in [-0.2, 0) is 11.8 Å². The molecule has 0 aromatic carbocycles. The Morgan fingerprint density at radius 3 is 2.93 bits per heavy atom. The Bertz CT molecular complexity index is 296. The van der Waals surface area contributed by atoms with Crippen molar-refractivity contribution < 1.29 is 4.79 Å². The topological polar surface area (TPSA) is 84.7 Å². The molecule has 0 saturated heterocycles. The molecule has 0 aliphatic carbocycles. The lowest BCUT2D eigenvalue weighted by Crippen LogP contribution is -2.21. The predicted molar refractivity (Wildman–Crippen MR) is 50.6 cm³/mol. The Balaban J connectivity index is 2.27.